The van der Waals surface area contributed by atoms with Gasteiger partial charge in [-0.2, -0.15) is 0 Å². The van der Waals surface area contributed by atoms with E-state index in [0.717, 1.165) is 0 Å². The lowest BCUT2D eigenvalue weighted by molar-refractivity contribution is 0.550. The van der Waals surface area contributed by atoms with Gasteiger partial charge in [-0.1, -0.05) is 114 Å². The fraction of sp³-hybridized carbons (Fsp3) is 0.852. The topological polar surface area (TPSA) is 0 Å². The minimum atomic E-state index is 1.26. The molecule has 0 spiro atoms. The van der Waals surface area contributed by atoms with Gasteiger partial charge in [0.25, 0.3) is 0 Å². The SMILES string of the molecule is CCCC=C(C)CCCCCC(C)=CCCCCCCCCCCCCC. The second-order valence-electron chi connectivity index (χ2n) is 8.77. The summed E-state index contributed by atoms with van der Waals surface area (Å²) in [6, 6.07) is 0. The van der Waals surface area contributed by atoms with Crippen LogP contribution in [0.4, 0.5) is 0 Å². The Kier molecular flexibility index (Phi) is 21.4. The highest BCUT2D eigenvalue weighted by Crippen LogP contribution is 2.15. The maximum atomic E-state index is 2.51. The molecule has 0 aliphatic carbocycles. The summed E-state index contributed by atoms with van der Waals surface area (Å²) >= 11 is 0. The fourth-order valence-corrected chi connectivity index (χ4v) is 3.74. The largest absolute Gasteiger partial charge is 0.0856 e. The Bertz CT molecular complexity index is 347. The summed E-state index contributed by atoms with van der Waals surface area (Å²) in [5.74, 6) is 0. The summed E-state index contributed by atoms with van der Waals surface area (Å²) in [4.78, 5) is 0. The van der Waals surface area contributed by atoms with Crippen LogP contribution < -0.4 is 0 Å². The normalized spacial score (nSPS) is 12.7. The Labute approximate surface area is 173 Å². The molecule has 160 valence electrons. The van der Waals surface area contributed by atoms with Gasteiger partial charge in [-0.15, -0.1) is 0 Å². The number of unbranched alkanes of at least 4 members (excludes halogenated alkanes) is 14. The first-order valence-electron chi connectivity index (χ1n) is 12.5. The molecule has 0 aromatic rings. The molecule has 27 heavy (non-hydrogen) atoms. The highest BCUT2D eigenvalue weighted by atomic mass is 14.0. The minimum Gasteiger partial charge on any atom is -0.0856 e. The molecule has 0 aromatic heterocycles. The Morgan fingerprint density at radius 2 is 0.852 bits per heavy atom. The van der Waals surface area contributed by atoms with Gasteiger partial charge in [0, 0.05) is 0 Å². The first kappa shape index (κ1) is 26.5. The second kappa shape index (κ2) is 21.8. The Morgan fingerprint density at radius 3 is 1.33 bits per heavy atom. The number of hydrogen-bond donors (Lipinski definition) is 0. The molecule has 0 aromatic carbocycles. The minimum absolute atomic E-state index is 1.26. The van der Waals surface area contributed by atoms with Gasteiger partial charge in [0.05, 0.1) is 0 Å². The van der Waals surface area contributed by atoms with E-state index in [1.165, 1.54) is 122 Å². The molecule has 0 saturated carbocycles. The van der Waals surface area contributed by atoms with Crippen molar-refractivity contribution in [2.45, 2.75) is 150 Å². The van der Waals surface area contributed by atoms with E-state index in [9.17, 15) is 0 Å². The summed E-state index contributed by atoms with van der Waals surface area (Å²) in [7, 11) is 0. The number of hydrogen-bond acceptors (Lipinski definition) is 0. The monoisotopic (exact) mass is 376 g/mol. The summed E-state index contributed by atoms with van der Waals surface area (Å²) in [6.07, 6.45) is 31.4. The van der Waals surface area contributed by atoms with E-state index < -0.39 is 0 Å². The van der Waals surface area contributed by atoms with Crippen molar-refractivity contribution in [3.05, 3.63) is 23.3 Å². The van der Waals surface area contributed by atoms with E-state index in [0.29, 0.717) is 0 Å². The van der Waals surface area contributed by atoms with Crippen molar-refractivity contribution in [1.82, 2.24) is 0 Å². The molecule has 0 rings (SSSR count). The molecular weight excluding hydrogens is 324 g/mol. The zero-order chi connectivity index (χ0) is 20.0. The van der Waals surface area contributed by atoms with Gasteiger partial charge < -0.3 is 0 Å². The molecular formula is C27H52. The molecule has 0 aliphatic rings. The summed E-state index contributed by atoms with van der Waals surface area (Å²) < 4.78 is 0. The zero-order valence-electron chi connectivity index (χ0n) is 19.6. The third kappa shape index (κ3) is 21.6. The molecule has 0 unspecified atom stereocenters. The van der Waals surface area contributed by atoms with Crippen LogP contribution >= 0.6 is 0 Å². The molecule has 0 heterocycles. The van der Waals surface area contributed by atoms with Crippen LogP contribution in [0, 0.1) is 0 Å². The zero-order valence-corrected chi connectivity index (χ0v) is 19.6. The van der Waals surface area contributed by atoms with E-state index in [1.807, 2.05) is 0 Å². The predicted molar refractivity (Wildman–Crippen MR) is 127 cm³/mol. The van der Waals surface area contributed by atoms with E-state index in [-0.39, 0.29) is 0 Å². The fourth-order valence-electron chi connectivity index (χ4n) is 3.74. The lowest BCUT2D eigenvalue weighted by Crippen LogP contribution is -1.84. The second-order valence-corrected chi connectivity index (χ2v) is 8.77. The highest BCUT2D eigenvalue weighted by molar-refractivity contribution is 4.99. The van der Waals surface area contributed by atoms with Crippen LogP contribution in [-0.2, 0) is 0 Å². The Morgan fingerprint density at radius 1 is 0.444 bits per heavy atom. The molecule has 0 heteroatoms. The number of rotatable bonds is 20. The van der Waals surface area contributed by atoms with Crippen molar-refractivity contribution in [2.24, 2.45) is 0 Å². The van der Waals surface area contributed by atoms with E-state index in [4.69, 9.17) is 0 Å². The van der Waals surface area contributed by atoms with Gasteiger partial charge >= 0.3 is 0 Å². The third-order valence-electron chi connectivity index (χ3n) is 5.72. The van der Waals surface area contributed by atoms with Crippen molar-refractivity contribution in [2.75, 3.05) is 0 Å². The molecule has 0 fully saturated rings. The Hall–Kier alpha value is -0.520. The lowest BCUT2D eigenvalue weighted by atomic mass is 10.0. The van der Waals surface area contributed by atoms with Gasteiger partial charge in [0.15, 0.2) is 0 Å². The molecule has 0 saturated heterocycles. The van der Waals surface area contributed by atoms with Crippen LogP contribution in [0.25, 0.3) is 0 Å². The van der Waals surface area contributed by atoms with Crippen LogP contribution in [0.3, 0.4) is 0 Å². The van der Waals surface area contributed by atoms with Crippen molar-refractivity contribution in [1.29, 1.82) is 0 Å². The van der Waals surface area contributed by atoms with Gasteiger partial charge in [0.2, 0.25) is 0 Å². The van der Waals surface area contributed by atoms with Crippen LogP contribution in [-0.4, -0.2) is 0 Å². The standard InChI is InChI=1S/C27H52/c1-5-7-9-10-11-12-13-14-15-16-17-19-23-27(4)25-21-18-20-24-26(3)22-8-6-2/h22-23H,5-21,24-25H2,1-4H3. The molecule has 0 aliphatic heterocycles. The van der Waals surface area contributed by atoms with E-state index in [1.54, 1.807) is 11.1 Å². The molecule has 0 amide bonds. The van der Waals surface area contributed by atoms with Gasteiger partial charge in [-0.25, -0.2) is 0 Å². The summed E-state index contributed by atoms with van der Waals surface area (Å²) in [6.45, 7) is 9.19. The first-order valence-corrected chi connectivity index (χ1v) is 12.5. The lowest BCUT2D eigenvalue weighted by Gasteiger charge is -2.04. The molecule has 0 atom stereocenters. The van der Waals surface area contributed by atoms with Gasteiger partial charge in [0.1, 0.15) is 0 Å². The molecule has 0 bridgehead atoms. The predicted octanol–water partition coefficient (Wildman–Crippen LogP) is 10.3. The van der Waals surface area contributed by atoms with Crippen molar-refractivity contribution >= 4 is 0 Å². The molecule has 0 nitrogen and oxygen atoms in total. The van der Waals surface area contributed by atoms with Crippen LogP contribution in [0.2, 0.25) is 0 Å². The van der Waals surface area contributed by atoms with Crippen molar-refractivity contribution < 1.29 is 0 Å². The van der Waals surface area contributed by atoms with Gasteiger partial charge in [-0.3, -0.25) is 0 Å². The maximum Gasteiger partial charge on any atom is -0.0323 e. The van der Waals surface area contributed by atoms with Crippen molar-refractivity contribution in [3.63, 3.8) is 0 Å². The first-order chi connectivity index (χ1) is 13.2. The Balaban J connectivity index is 3.36. The maximum absolute atomic E-state index is 2.51. The van der Waals surface area contributed by atoms with Crippen molar-refractivity contribution in [3.8, 4) is 0 Å². The average molecular weight is 377 g/mol. The number of allylic oxidation sites excluding steroid dienone is 4. The quantitative estimate of drug-likeness (QED) is 0.146. The van der Waals surface area contributed by atoms with E-state index in [2.05, 4.69) is 39.8 Å². The third-order valence-corrected chi connectivity index (χ3v) is 5.72. The van der Waals surface area contributed by atoms with Gasteiger partial charge in [-0.05, 0) is 58.8 Å². The molecule has 0 N–H and O–H groups in total. The summed E-state index contributed by atoms with van der Waals surface area (Å²) in [5.41, 5.74) is 3.22. The highest BCUT2D eigenvalue weighted by Gasteiger charge is 1.95. The summed E-state index contributed by atoms with van der Waals surface area (Å²) in [5, 5.41) is 0. The van der Waals surface area contributed by atoms with Crippen LogP contribution in [0.1, 0.15) is 150 Å². The van der Waals surface area contributed by atoms with Crippen LogP contribution in [0.5, 0.6) is 0 Å². The molecule has 0 radical (unpaired) electrons. The smallest absolute Gasteiger partial charge is 0.0323 e. The average Bonchev–Trinajstić information content (AvgIpc) is 2.67. The van der Waals surface area contributed by atoms with E-state index >= 15 is 0 Å². The van der Waals surface area contributed by atoms with Crippen LogP contribution in [0.15, 0.2) is 23.3 Å².